The van der Waals surface area contributed by atoms with Crippen LogP contribution in [-0.2, 0) is 0 Å². The van der Waals surface area contributed by atoms with E-state index in [1.807, 2.05) is 11.9 Å². The lowest BCUT2D eigenvalue weighted by Crippen LogP contribution is -2.19. The molecule has 0 radical (unpaired) electrons. The van der Waals surface area contributed by atoms with Gasteiger partial charge in [-0.05, 0) is 12.1 Å². The van der Waals surface area contributed by atoms with Crippen molar-refractivity contribution in [3.8, 4) is 6.07 Å². The largest absolute Gasteiger partial charge is 0.397 e. The summed E-state index contributed by atoms with van der Waals surface area (Å²) in [5.74, 6) is 0. The normalized spacial score (nSPS) is 9.73. The van der Waals surface area contributed by atoms with Crippen molar-refractivity contribution in [1.82, 2.24) is 0 Å². The molecule has 0 saturated carbocycles. The average molecular weight is 244 g/mol. The van der Waals surface area contributed by atoms with Gasteiger partial charge in [0.25, 0.3) is 0 Å². The van der Waals surface area contributed by atoms with Gasteiger partial charge in [0.15, 0.2) is 0 Å². The van der Waals surface area contributed by atoms with E-state index in [2.05, 4.69) is 6.07 Å². The molecule has 1 rings (SSSR count). The van der Waals surface area contributed by atoms with E-state index in [-0.39, 0.29) is 0 Å². The average Bonchev–Trinajstić information content (AvgIpc) is 2.20. The summed E-state index contributed by atoms with van der Waals surface area (Å²) in [5.41, 5.74) is 7.15. The Balaban J connectivity index is 2.94. The molecule has 0 aliphatic carbocycles. The third kappa shape index (κ3) is 2.92. The molecule has 1 aromatic carbocycles. The highest BCUT2D eigenvalue weighted by Crippen LogP contribution is 2.32. The first-order chi connectivity index (χ1) is 7.06. The van der Waals surface area contributed by atoms with Gasteiger partial charge in [-0.15, -0.1) is 0 Å². The minimum Gasteiger partial charge on any atom is -0.397 e. The summed E-state index contributed by atoms with van der Waals surface area (Å²) in [6.45, 7) is 0.610. The molecule has 2 N–H and O–H groups in total. The van der Waals surface area contributed by atoms with Crippen LogP contribution in [0.5, 0.6) is 0 Å². The molecule has 0 unspecified atom stereocenters. The number of hydrogen-bond acceptors (Lipinski definition) is 3. The van der Waals surface area contributed by atoms with Crippen LogP contribution in [0.15, 0.2) is 12.1 Å². The van der Waals surface area contributed by atoms with Crippen molar-refractivity contribution >= 4 is 34.6 Å². The lowest BCUT2D eigenvalue weighted by Gasteiger charge is -2.20. The van der Waals surface area contributed by atoms with Crippen LogP contribution in [-0.4, -0.2) is 13.6 Å². The Morgan fingerprint density at radius 2 is 2.00 bits per heavy atom. The number of rotatable bonds is 3. The molecule has 1 aromatic rings. The standard InChI is InChI=1S/C10H11Cl2N3/c1-15(4-2-3-13)10-6-8(12)7(11)5-9(10)14/h5-6H,2,4,14H2,1H3. The van der Waals surface area contributed by atoms with E-state index in [4.69, 9.17) is 34.2 Å². The van der Waals surface area contributed by atoms with Gasteiger partial charge in [-0.1, -0.05) is 23.2 Å². The van der Waals surface area contributed by atoms with Crippen molar-refractivity contribution in [2.45, 2.75) is 6.42 Å². The second-order valence-electron chi connectivity index (χ2n) is 3.15. The molecular weight excluding hydrogens is 233 g/mol. The SMILES string of the molecule is CN(CCC#N)c1cc(Cl)c(Cl)cc1N. The number of anilines is 2. The molecule has 0 aliphatic heterocycles. The Morgan fingerprint density at radius 1 is 1.40 bits per heavy atom. The maximum Gasteiger partial charge on any atom is 0.0640 e. The Morgan fingerprint density at radius 3 is 2.60 bits per heavy atom. The number of benzene rings is 1. The van der Waals surface area contributed by atoms with Crippen LogP contribution in [0.3, 0.4) is 0 Å². The maximum absolute atomic E-state index is 8.47. The molecule has 0 amide bonds. The van der Waals surface area contributed by atoms with E-state index < -0.39 is 0 Å². The van der Waals surface area contributed by atoms with Crippen LogP contribution >= 0.6 is 23.2 Å². The minimum absolute atomic E-state index is 0.437. The van der Waals surface area contributed by atoms with Gasteiger partial charge in [0.05, 0.1) is 33.9 Å². The molecule has 5 heteroatoms. The smallest absolute Gasteiger partial charge is 0.0640 e. The molecule has 0 spiro atoms. The summed E-state index contributed by atoms with van der Waals surface area (Å²) in [6.07, 6.45) is 0.441. The summed E-state index contributed by atoms with van der Waals surface area (Å²) in [5, 5.41) is 9.37. The number of halogens is 2. The van der Waals surface area contributed by atoms with E-state index in [9.17, 15) is 0 Å². The van der Waals surface area contributed by atoms with Gasteiger partial charge in [0.1, 0.15) is 0 Å². The summed E-state index contributed by atoms with van der Waals surface area (Å²) < 4.78 is 0. The van der Waals surface area contributed by atoms with Gasteiger partial charge < -0.3 is 10.6 Å². The summed E-state index contributed by atoms with van der Waals surface area (Å²) in [6, 6.07) is 5.39. The number of nitriles is 1. The van der Waals surface area contributed by atoms with Crippen LogP contribution in [0.1, 0.15) is 6.42 Å². The topological polar surface area (TPSA) is 53.0 Å². The molecule has 0 aromatic heterocycles. The van der Waals surface area contributed by atoms with Crippen molar-refractivity contribution in [2.75, 3.05) is 24.2 Å². The molecule has 0 heterocycles. The van der Waals surface area contributed by atoms with Crippen LogP contribution in [0.2, 0.25) is 10.0 Å². The molecule has 0 bridgehead atoms. The predicted molar refractivity (Wildman–Crippen MR) is 64.4 cm³/mol. The minimum atomic E-state index is 0.437. The van der Waals surface area contributed by atoms with Crippen LogP contribution < -0.4 is 10.6 Å². The van der Waals surface area contributed by atoms with E-state index in [1.54, 1.807) is 12.1 Å². The first-order valence-electron chi connectivity index (χ1n) is 4.39. The quantitative estimate of drug-likeness (QED) is 0.831. The number of nitrogens with two attached hydrogens (primary N) is 1. The number of nitrogen functional groups attached to an aromatic ring is 1. The number of hydrogen-bond donors (Lipinski definition) is 1. The molecule has 80 valence electrons. The van der Waals surface area contributed by atoms with Crippen molar-refractivity contribution < 1.29 is 0 Å². The van der Waals surface area contributed by atoms with Crippen molar-refractivity contribution in [1.29, 1.82) is 5.26 Å². The van der Waals surface area contributed by atoms with Crippen molar-refractivity contribution in [3.63, 3.8) is 0 Å². The first-order valence-corrected chi connectivity index (χ1v) is 5.14. The Kier molecular flexibility index (Phi) is 4.07. The molecule has 3 nitrogen and oxygen atoms in total. The highest BCUT2D eigenvalue weighted by Gasteiger charge is 2.08. The van der Waals surface area contributed by atoms with Gasteiger partial charge in [-0.2, -0.15) is 5.26 Å². The molecule has 0 fully saturated rings. The fourth-order valence-corrected chi connectivity index (χ4v) is 1.55. The van der Waals surface area contributed by atoms with Gasteiger partial charge in [0, 0.05) is 13.6 Å². The summed E-state index contributed by atoms with van der Waals surface area (Å²) >= 11 is 11.7. The second kappa shape index (κ2) is 5.11. The molecule has 0 saturated heterocycles. The zero-order chi connectivity index (χ0) is 11.4. The van der Waals surface area contributed by atoms with E-state index in [1.165, 1.54) is 0 Å². The van der Waals surface area contributed by atoms with E-state index >= 15 is 0 Å². The molecule has 15 heavy (non-hydrogen) atoms. The molecule has 0 atom stereocenters. The molecule has 0 aliphatic rings. The fourth-order valence-electron chi connectivity index (χ4n) is 1.22. The highest BCUT2D eigenvalue weighted by atomic mass is 35.5. The summed E-state index contributed by atoms with van der Waals surface area (Å²) in [7, 11) is 1.85. The Labute approximate surface area is 99.0 Å². The third-order valence-electron chi connectivity index (χ3n) is 2.04. The lowest BCUT2D eigenvalue weighted by atomic mass is 10.2. The third-order valence-corrected chi connectivity index (χ3v) is 2.76. The zero-order valence-corrected chi connectivity index (χ0v) is 9.81. The van der Waals surface area contributed by atoms with Gasteiger partial charge >= 0.3 is 0 Å². The monoisotopic (exact) mass is 243 g/mol. The Bertz CT molecular complexity index is 398. The van der Waals surface area contributed by atoms with Gasteiger partial charge in [-0.3, -0.25) is 0 Å². The second-order valence-corrected chi connectivity index (χ2v) is 3.97. The Hall–Kier alpha value is -1.11. The lowest BCUT2D eigenvalue weighted by molar-refractivity contribution is 0.907. The van der Waals surface area contributed by atoms with Crippen LogP contribution in [0, 0.1) is 11.3 Å². The van der Waals surface area contributed by atoms with Crippen LogP contribution in [0.25, 0.3) is 0 Å². The van der Waals surface area contributed by atoms with E-state index in [0.29, 0.717) is 28.7 Å². The summed E-state index contributed by atoms with van der Waals surface area (Å²) in [4.78, 5) is 1.88. The maximum atomic E-state index is 8.47. The van der Waals surface area contributed by atoms with E-state index in [0.717, 1.165) is 5.69 Å². The number of nitrogens with zero attached hydrogens (tertiary/aromatic N) is 2. The van der Waals surface area contributed by atoms with Crippen molar-refractivity contribution in [2.24, 2.45) is 0 Å². The highest BCUT2D eigenvalue weighted by molar-refractivity contribution is 6.42. The fraction of sp³-hybridized carbons (Fsp3) is 0.300. The predicted octanol–water partition coefficient (Wildman–Crippen LogP) is 2.93. The van der Waals surface area contributed by atoms with Gasteiger partial charge in [0.2, 0.25) is 0 Å². The van der Waals surface area contributed by atoms with Crippen molar-refractivity contribution in [3.05, 3.63) is 22.2 Å². The zero-order valence-electron chi connectivity index (χ0n) is 8.30. The van der Waals surface area contributed by atoms with Crippen LogP contribution in [0.4, 0.5) is 11.4 Å². The first kappa shape index (κ1) is 12.0. The van der Waals surface area contributed by atoms with Gasteiger partial charge in [-0.25, -0.2) is 0 Å². The molecular formula is C10H11Cl2N3.